The van der Waals surface area contributed by atoms with Crippen molar-refractivity contribution in [2.45, 2.75) is 25.1 Å². The average molecular weight is 272 g/mol. The Morgan fingerprint density at radius 3 is 2.50 bits per heavy atom. The molecule has 1 aliphatic carbocycles. The summed E-state index contributed by atoms with van der Waals surface area (Å²) < 4.78 is 37.0. The largest absolute Gasteiger partial charge is 0.445 e. The van der Waals surface area contributed by atoms with E-state index in [0.717, 1.165) is 12.8 Å². The van der Waals surface area contributed by atoms with Crippen molar-refractivity contribution in [2.75, 3.05) is 17.3 Å². The van der Waals surface area contributed by atoms with Gasteiger partial charge in [-0.15, -0.1) is 21.8 Å². The van der Waals surface area contributed by atoms with Crippen LogP contribution < -0.4 is 4.90 Å². The van der Waals surface area contributed by atoms with Crippen LogP contribution in [0.2, 0.25) is 0 Å². The summed E-state index contributed by atoms with van der Waals surface area (Å²) in [5.74, 6) is 0.372. The van der Waals surface area contributed by atoms with Crippen molar-refractivity contribution in [2.24, 2.45) is 0 Å². The maximum Gasteiger partial charge on any atom is 0.445 e. The molecule has 0 spiro atoms. The monoisotopic (exact) mass is 271 g/mol. The predicted molar refractivity (Wildman–Crippen MR) is 56.0 cm³/mol. The van der Waals surface area contributed by atoms with Gasteiger partial charge >= 0.3 is 6.18 Å². The van der Waals surface area contributed by atoms with Crippen molar-refractivity contribution < 1.29 is 13.2 Å². The molecule has 0 aliphatic heterocycles. The van der Waals surface area contributed by atoms with E-state index in [1.54, 1.807) is 4.90 Å². The summed E-state index contributed by atoms with van der Waals surface area (Å²) in [5, 5.41) is 6.15. The highest BCUT2D eigenvalue weighted by Crippen LogP contribution is 2.37. The van der Waals surface area contributed by atoms with Crippen LogP contribution in [0.25, 0.3) is 0 Å². The van der Waals surface area contributed by atoms with Gasteiger partial charge in [-0.3, -0.25) is 0 Å². The van der Waals surface area contributed by atoms with E-state index in [1.807, 2.05) is 0 Å². The van der Waals surface area contributed by atoms with Crippen LogP contribution in [0.4, 0.5) is 18.3 Å². The van der Waals surface area contributed by atoms with Crippen LogP contribution in [0.15, 0.2) is 0 Å². The molecule has 0 unspecified atom stereocenters. The normalized spacial score (nSPS) is 16.5. The van der Waals surface area contributed by atoms with Crippen LogP contribution in [-0.2, 0) is 6.18 Å². The molecule has 1 aromatic heterocycles. The minimum absolute atomic E-state index is 0.285. The molecule has 0 radical (unpaired) electrons. The van der Waals surface area contributed by atoms with Gasteiger partial charge in [-0.2, -0.15) is 13.2 Å². The first kappa shape index (κ1) is 11.9. The minimum Gasteiger partial charge on any atom is -0.342 e. The second kappa shape index (κ2) is 4.37. The molecule has 0 atom stereocenters. The molecule has 0 N–H and O–H groups in total. The molecular formula is C8H9ClF3N3S. The van der Waals surface area contributed by atoms with Crippen LogP contribution in [0.1, 0.15) is 17.8 Å². The SMILES string of the molecule is FC(F)(F)c1nnc(N(CCCl)C2CC2)s1. The molecule has 0 aromatic carbocycles. The minimum atomic E-state index is -4.41. The number of hydrogen-bond donors (Lipinski definition) is 0. The lowest BCUT2D eigenvalue weighted by Gasteiger charge is -2.18. The van der Waals surface area contributed by atoms with Gasteiger partial charge in [-0.1, -0.05) is 11.3 Å². The van der Waals surface area contributed by atoms with Crippen molar-refractivity contribution >= 4 is 28.1 Å². The molecule has 0 bridgehead atoms. The Labute approximate surface area is 99.2 Å². The van der Waals surface area contributed by atoms with Gasteiger partial charge in [0, 0.05) is 18.5 Å². The third kappa shape index (κ3) is 2.57. The number of alkyl halides is 4. The van der Waals surface area contributed by atoms with Gasteiger partial charge in [0.05, 0.1) is 0 Å². The Morgan fingerprint density at radius 1 is 1.38 bits per heavy atom. The first-order valence-corrected chi connectivity index (χ1v) is 6.11. The van der Waals surface area contributed by atoms with E-state index in [9.17, 15) is 13.2 Å². The Hall–Kier alpha value is -0.560. The highest BCUT2D eigenvalue weighted by Gasteiger charge is 2.38. The number of nitrogens with zero attached hydrogens (tertiary/aromatic N) is 3. The van der Waals surface area contributed by atoms with Crippen molar-refractivity contribution in [3.05, 3.63) is 5.01 Å². The predicted octanol–water partition coefficient (Wildman–Crippen LogP) is 2.76. The Kier molecular flexibility index (Phi) is 3.25. The second-order valence-corrected chi connectivity index (χ2v) is 4.84. The van der Waals surface area contributed by atoms with Crippen molar-refractivity contribution in [1.29, 1.82) is 0 Å². The molecule has 8 heteroatoms. The molecule has 0 saturated heterocycles. The summed E-state index contributed by atoms with van der Waals surface area (Å²) >= 11 is 6.18. The van der Waals surface area contributed by atoms with Gasteiger partial charge in [-0.05, 0) is 12.8 Å². The summed E-state index contributed by atoms with van der Waals surface area (Å²) in [5.41, 5.74) is 0. The van der Waals surface area contributed by atoms with Crippen LogP contribution in [-0.4, -0.2) is 28.7 Å². The highest BCUT2D eigenvalue weighted by molar-refractivity contribution is 7.15. The Bertz CT molecular complexity index is 364. The molecule has 90 valence electrons. The molecular weight excluding hydrogens is 263 g/mol. The number of aromatic nitrogens is 2. The summed E-state index contributed by atoms with van der Waals surface area (Å²) in [6.07, 6.45) is -2.44. The van der Waals surface area contributed by atoms with E-state index >= 15 is 0 Å². The maximum atomic E-state index is 12.3. The molecule has 1 saturated carbocycles. The first-order valence-electron chi connectivity index (χ1n) is 4.75. The van der Waals surface area contributed by atoms with E-state index in [4.69, 9.17) is 11.6 Å². The molecule has 1 heterocycles. The molecule has 16 heavy (non-hydrogen) atoms. The quantitative estimate of drug-likeness (QED) is 0.789. The lowest BCUT2D eigenvalue weighted by molar-refractivity contribution is -0.138. The molecule has 3 nitrogen and oxygen atoms in total. The van der Waals surface area contributed by atoms with E-state index in [1.165, 1.54) is 0 Å². The fourth-order valence-electron chi connectivity index (χ4n) is 1.36. The van der Waals surface area contributed by atoms with Crippen LogP contribution in [0.3, 0.4) is 0 Å². The zero-order valence-electron chi connectivity index (χ0n) is 8.17. The standard InChI is InChI=1S/C8H9ClF3N3S/c9-3-4-15(5-1-2-5)7-14-13-6(16-7)8(10,11)12/h5H,1-4H2. The molecule has 1 fully saturated rings. The topological polar surface area (TPSA) is 29.0 Å². The van der Waals surface area contributed by atoms with Gasteiger partial charge in [0.2, 0.25) is 10.1 Å². The lowest BCUT2D eigenvalue weighted by Crippen LogP contribution is -2.27. The Balaban J connectivity index is 2.15. The number of halogens is 4. The summed E-state index contributed by atoms with van der Waals surface area (Å²) in [4.78, 5) is 1.81. The van der Waals surface area contributed by atoms with Gasteiger partial charge in [0.15, 0.2) is 0 Å². The van der Waals surface area contributed by atoms with Crippen molar-refractivity contribution in [1.82, 2.24) is 10.2 Å². The van der Waals surface area contributed by atoms with Crippen LogP contribution >= 0.6 is 22.9 Å². The van der Waals surface area contributed by atoms with Gasteiger partial charge in [0.1, 0.15) is 0 Å². The summed E-state index contributed by atoms with van der Waals surface area (Å²) in [6, 6.07) is 0.285. The summed E-state index contributed by atoms with van der Waals surface area (Å²) in [7, 11) is 0. The van der Waals surface area contributed by atoms with Crippen molar-refractivity contribution in [3.63, 3.8) is 0 Å². The van der Waals surface area contributed by atoms with Gasteiger partial charge < -0.3 is 4.90 Å². The van der Waals surface area contributed by atoms with E-state index in [-0.39, 0.29) is 6.04 Å². The van der Waals surface area contributed by atoms with Gasteiger partial charge in [-0.25, -0.2) is 0 Å². The maximum absolute atomic E-state index is 12.3. The highest BCUT2D eigenvalue weighted by atomic mass is 35.5. The second-order valence-electron chi connectivity index (χ2n) is 3.50. The molecule has 1 aromatic rings. The zero-order valence-corrected chi connectivity index (χ0v) is 9.74. The third-order valence-electron chi connectivity index (χ3n) is 2.22. The molecule has 1 aliphatic rings. The number of rotatable bonds is 4. The fraction of sp³-hybridized carbons (Fsp3) is 0.750. The van der Waals surface area contributed by atoms with Crippen LogP contribution in [0.5, 0.6) is 0 Å². The van der Waals surface area contributed by atoms with E-state index < -0.39 is 11.2 Å². The zero-order chi connectivity index (χ0) is 11.8. The first-order chi connectivity index (χ1) is 7.52. The van der Waals surface area contributed by atoms with Gasteiger partial charge in [0.25, 0.3) is 0 Å². The molecule has 2 rings (SSSR count). The number of hydrogen-bond acceptors (Lipinski definition) is 4. The fourth-order valence-corrected chi connectivity index (χ4v) is 2.35. The lowest BCUT2D eigenvalue weighted by atomic mass is 10.5. The molecule has 0 amide bonds. The number of anilines is 1. The third-order valence-corrected chi connectivity index (χ3v) is 3.39. The Morgan fingerprint density at radius 2 is 2.06 bits per heavy atom. The van der Waals surface area contributed by atoms with Crippen LogP contribution in [0, 0.1) is 0 Å². The van der Waals surface area contributed by atoms with E-state index in [2.05, 4.69) is 10.2 Å². The average Bonchev–Trinajstić information content (AvgIpc) is 2.89. The smallest absolute Gasteiger partial charge is 0.342 e. The van der Waals surface area contributed by atoms with E-state index in [0.29, 0.717) is 28.9 Å². The summed E-state index contributed by atoms with van der Waals surface area (Å²) in [6.45, 7) is 0.513. The van der Waals surface area contributed by atoms with Crippen molar-refractivity contribution in [3.8, 4) is 0 Å².